The molecule has 1 heterocycles. The van der Waals surface area contributed by atoms with Gasteiger partial charge in [-0.05, 0) is 54.2 Å². The van der Waals surface area contributed by atoms with E-state index in [-0.39, 0.29) is 10.8 Å². The van der Waals surface area contributed by atoms with Gasteiger partial charge in [0.2, 0.25) is 11.7 Å². The van der Waals surface area contributed by atoms with Crippen LogP contribution in [0.2, 0.25) is 0 Å². The number of amides is 3. The Balaban J connectivity index is 1.93. The number of ether oxygens (including phenoxy) is 3. The molecule has 1 aliphatic heterocycles. The van der Waals surface area contributed by atoms with Gasteiger partial charge in [-0.1, -0.05) is 0 Å². The van der Waals surface area contributed by atoms with E-state index >= 15 is 0 Å². The smallest absolute Gasteiger partial charge is 0.298 e. The van der Waals surface area contributed by atoms with Crippen LogP contribution in [0, 0.1) is 0 Å². The van der Waals surface area contributed by atoms with Crippen LogP contribution in [0.3, 0.4) is 0 Å². The second kappa shape index (κ2) is 8.91. The average molecular weight is 428 g/mol. The molecule has 1 aliphatic rings. The molecule has 1 saturated heterocycles. The minimum absolute atomic E-state index is 0.208. The third-order valence-electron chi connectivity index (χ3n) is 4.26. The van der Waals surface area contributed by atoms with Gasteiger partial charge in [-0.3, -0.25) is 14.4 Å². The van der Waals surface area contributed by atoms with Crippen molar-refractivity contribution < 1.29 is 28.6 Å². The number of carbonyl (C=O) groups excluding carboxylic acids is 3. The maximum absolute atomic E-state index is 12.9. The molecule has 0 aliphatic carbocycles. The van der Waals surface area contributed by atoms with E-state index in [9.17, 15) is 14.4 Å². The summed E-state index contributed by atoms with van der Waals surface area (Å²) in [5.41, 5.74) is 1.56. The standard InChI is InChI=1S/C21H20N2O6S/c1-12(24)22-14-6-8-15(9-7-14)23-20(25)17(30-21(23)26)11-13-5-10-16(27-2)19(29-4)18(13)28-3/h5-11H,1-4H3,(H,22,24)/b17-11-. The Morgan fingerprint density at radius 1 is 0.967 bits per heavy atom. The molecule has 8 nitrogen and oxygen atoms in total. The van der Waals surface area contributed by atoms with E-state index in [4.69, 9.17) is 14.2 Å². The number of rotatable bonds is 6. The van der Waals surface area contributed by atoms with Crippen LogP contribution in [0.15, 0.2) is 41.3 Å². The van der Waals surface area contributed by atoms with Gasteiger partial charge in [-0.15, -0.1) is 0 Å². The summed E-state index contributed by atoms with van der Waals surface area (Å²) in [6.07, 6.45) is 1.58. The number of thioether (sulfide) groups is 1. The number of methoxy groups -OCH3 is 3. The fourth-order valence-corrected chi connectivity index (χ4v) is 3.80. The molecule has 0 spiro atoms. The summed E-state index contributed by atoms with van der Waals surface area (Å²) in [5, 5.41) is 2.22. The van der Waals surface area contributed by atoms with Crippen molar-refractivity contribution in [2.75, 3.05) is 31.5 Å². The summed E-state index contributed by atoms with van der Waals surface area (Å²) >= 11 is 0.830. The van der Waals surface area contributed by atoms with Gasteiger partial charge < -0.3 is 19.5 Å². The van der Waals surface area contributed by atoms with Gasteiger partial charge >= 0.3 is 0 Å². The zero-order valence-electron chi connectivity index (χ0n) is 16.8. The highest BCUT2D eigenvalue weighted by atomic mass is 32.2. The summed E-state index contributed by atoms with van der Waals surface area (Å²) in [4.78, 5) is 37.9. The maximum atomic E-state index is 12.9. The van der Waals surface area contributed by atoms with Crippen molar-refractivity contribution in [3.8, 4) is 17.2 Å². The highest BCUT2D eigenvalue weighted by Gasteiger charge is 2.36. The van der Waals surface area contributed by atoms with Gasteiger partial charge in [0, 0.05) is 18.2 Å². The molecule has 1 N–H and O–H groups in total. The number of hydrogen-bond acceptors (Lipinski definition) is 7. The maximum Gasteiger partial charge on any atom is 0.298 e. The number of anilines is 2. The van der Waals surface area contributed by atoms with Crippen LogP contribution < -0.4 is 24.4 Å². The molecule has 0 bridgehead atoms. The number of benzene rings is 2. The summed E-state index contributed by atoms with van der Waals surface area (Å²) in [6, 6.07) is 9.86. The predicted octanol–water partition coefficient (Wildman–Crippen LogP) is 3.91. The van der Waals surface area contributed by atoms with Gasteiger partial charge in [-0.25, -0.2) is 4.90 Å². The van der Waals surface area contributed by atoms with E-state index in [1.807, 2.05) is 0 Å². The van der Waals surface area contributed by atoms with Crippen LogP contribution in [0.25, 0.3) is 6.08 Å². The van der Waals surface area contributed by atoms with E-state index in [1.54, 1.807) is 42.5 Å². The first-order valence-corrected chi connectivity index (χ1v) is 9.65. The van der Waals surface area contributed by atoms with Crippen LogP contribution in [0.1, 0.15) is 12.5 Å². The number of nitrogens with zero attached hydrogens (tertiary/aromatic N) is 1. The molecule has 0 saturated carbocycles. The molecule has 1 fully saturated rings. The van der Waals surface area contributed by atoms with E-state index < -0.39 is 11.1 Å². The van der Waals surface area contributed by atoms with Crippen molar-refractivity contribution in [2.24, 2.45) is 0 Å². The molecule has 9 heteroatoms. The molecule has 2 aromatic rings. The quantitative estimate of drug-likeness (QED) is 0.697. The second-order valence-electron chi connectivity index (χ2n) is 6.17. The molecule has 0 unspecified atom stereocenters. The Bertz CT molecular complexity index is 1030. The van der Waals surface area contributed by atoms with E-state index in [1.165, 1.54) is 28.3 Å². The third kappa shape index (κ3) is 4.11. The Morgan fingerprint density at radius 2 is 1.63 bits per heavy atom. The van der Waals surface area contributed by atoms with E-state index in [0.29, 0.717) is 34.2 Å². The fourth-order valence-electron chi connectivity index (χ4n) is 2.97. The first-order chi connectivity index (χ1) is 14.4. The number of hydrogen-bond donors (Lipinski definition) is 1. The van der Waals surface area contributed by atoms with E-state index in [0.717, 1.165) is 16.7 Å². The molecule has 3 amide bonds. The lowest BCUT2D eigenvalue weighted by molar-refractivity contribution is -0.114. The van der Waals surface area contributed by atoms with Crippen molar-refractivity contribution >= 4 is 46.3 Å². The van der Waals surface area contributed by atoms with Crippen molar-refractivity contribution in [1.29, 1.82) is 0 Å². The zero-order chi connectivity index (χ0) is 21.8. The van der Waals surface area contributed by atoms with Gasteiger partial charge in [0.15, 0.2) is 11.5 Å². The van der Waals surface area contributed by atoms with Crippen LogP contribution >= 0.6 is 11.8 Å². The summed E-state index contributed by atoms with van der Waals surface area (Å²) in [5.74, 6) is 0.610. The Kier molecular flexibility index (Phi) is 6.31. The average Bonchev–Trinajstić information content (AvgIpc) is 3.00. The van der Waals surface area contributed by atoms with Gasteiger partial charge in [-0.2, -0.15) is 0 Å². The van der Waals surface area contributed by atoms with Crippen LogP contribution in [0.5, 0.6) is 17.2 Å². The molecular weight excluding hydrogens is 408 g/mol. The second-order valence-corrected chi connectivity index (χ2v) is 7.16. The molecule has 30 heavy (non-hydrogen) atoms. The fraction of sp³-hybridized carbons (Fsp3) is 0.190. The van der Waals surface area contributed by atoms with Crippen LogP contribution in [0.4, 0.5) is 16.2 Å². The van der Waals surface area contributed by atoms with Crippen molar-refractivity contribution in [2.45, 2.75) is 6.92 Å². The summed E-state index contributed by atoms with van der Waals surface area (Å²) in [6.45, 7) is 1.40. The van der Waals surface area contributed by atoms with Crippen molar-refractivity contribution in [1.82, 2.24) is 0 Å². The van der Waals surface area contributed by atoms with Gasteiger partial charge in [0.1, 0.15) is 0 Å². The Hall–Kier alpha value is -3.46. The molecular formula is C21H20N2O6S. The summed E-state index contributed by atoms with van der Waals surface area (Å²) in [7, 11) is 4.49. The Labute approximate surface area is 177 Å². The SMILES string of the molecule is COc1ccc(/C=C2\SC(=O)N(c3ccc(NC(C)=O)cc3)C2=O)c(OC)c1OC. The lowest BCUT2D eigenvalue weighted by Crippen LogP contribution is -2.27. The predicted molar refractivity (Wildman–Crippen MR) is 115 cm³/mol. The topological polar surface area (TPSA) is 94.2 Å². The minimum atomic E-state index is -0.450. The highest BCUT2D eigenvalue weighted by Crippen LogP contribution is 2.43. The molecule has 156 valence electrons. The Morgan fingerprint density at radius 3 is 2.20 bits per heavy atom. The van der Waals surface area contributed by atoms with Gasteiger partial charge in [0.05, 0.1) is 31.9 Å². The lowest BCUT2D eigenvalue weighted by atomic mass is 10.1. The number of carbonyl (C=O) groups is 3. The highest BCUT2D eigenvalue weighted by molar-refractivity contribution is 8.19. The first kappa shape index (κ1) is 21.3. The van der Waals surface area contributed by atoms with Crippen LogP contribution in [-0.2, 0) is 9.59 Å². The molecule has 3 rings (SSSR count). The molecule has 0 aromatic heterocycles. The first-order valence-electron chi connectivity index (χ1n) is 8.84. The summed E-state index contributed by atoms with van der Waals surface area (Å²) < 4.78 is 16.1. The van der Waals surface area contributed by atoms with Gasteiger partial charge in [0.25, 0.3) is 11.1 Å². The monoisotopic (exact) mass is 428 g/mol. The molecule has 0 atom stereocenters. The largest absolute Gasteiger partial charge is 0.493 e. The lowest BCUT2D eigenvalue weighted by Gasteiger charge is -2.14. The van der Waals surface area contributed by atoms with Crippen molar-refractivity contribution in [3.05, 3.63) is 46.9 Å². The third-order valence-corrected chi connectivity index (χ3v) is 5.13. The zero-order valence-corrected chi connectivity index (χ0v) is 17.7. The molecule has 0 radical (unpaired) electrons. The normalized spacial score (nSPS) is 14.8. The minimum Gasteiger partial charge on any atom is -0.493 e. The van der Waals surface area contributed by atoms with Crippen LogP contribution in [-0.4, -0.2) is 38.4 Å². The molecule has 2 aromatic carbocycles. The number of nitrogens with one attached hydrogen (secondary N) is 1. The number of imide groups is 1. The van der Waals surface area contributed by atoms with E-state index in [2.05, 4.69) is 5.32 Å². The van der Waals surface area contributed by atoms with Crippen molar-refractivity contribution in [3.63, 3.8) is 0 Å².